The third-order valence-corrected chi connectivity index (χ3v) is 7.60. The highest BCUT2D eigenvalue weighted by molar-refractivity contribution is 7.12. The fourth-order valence-electron chi connectivity index (χ4n) is 4.64. The lowest BCUT2D eigenvalue weighted by atomic mass is 9.84. The van der Waals surface area contributed by atoms with Gasteiger partial charge in [0.15, 0.2) is 0 Å². The summed E-state index contributed by atoms with van der Waals surface area (Å²) in [5, 5.41) is 6.36. The average molecular weight is 437 g/mol. The lowest BCUT2D eigenvalue weighted by molar-refractivity contribution is 0.0589. The lowest BCUT2D eigenvalue weighted by Crippen LogP contribution is -2.47. The molecule has 6 heteroatoms. The summed E-state index contributed by atoms with van der Waals surface area (Å²) in [6.45, 7) is 5.21. The maximum Gasteiger partial charge on any atom is 0.263 e. The van der Waals surface area contributed by atoms with E-state index >= 15 is 0 Å². The van der Waals surface area contributed by atoms with Crippen LogP contribution in [0.4, 0.5) is 0 Å². The molecule has 0 N–H and O–H groups in total. The Morgan fingerprint density at radius 1 is 1.19 bits per heavy atom. The van der Waals surface area contributed by atoms with Crippen LogP contribution in [-0.2, 0) is 20.0 Å². The first-order valence-corrected chi connectivity index (χ1v) is 12.0. The fourth-order valence-corrected chi connectivity index (χ4v) is 5.34. The fraction of sp³-hybridized carbons (Fsp3) is 0.440. The molecule has 1 atom stereocenters. The largest absolute Gasteiger partial charge is 0.337 e. The van der Waals surface area contributed by atoms with Crippen LogP contribution in [0.5, 0.6) is 0 Å². The van der Waals surface area contributed by atoms with E-state index in [0.29, 0.717) is 5.92 Å². The van der Waals surface area contributed by atoms with Gasteiger partial charge in [-0.25, -0.2) is 0 Å². The Morgan fingerprint density at radius 2 is 1.94 bits per heavy atom. The minimum Gasteiger partial charge on any atom is -0.337 e. The Bertz CT molecular complexity index is 974. The van der Waals surface area contributed by atoms with Crippen molar-refractivity contribution in [3.05, 3.63) is 75.7 Å². The molecule has 0 radical (unpaired) electrons. The van der Waals surface area contributed by atoms with Crippen LogP contribution in [0.1, 0.15) is 39.3 Å². The molecule has 1 fully saturated rings. The number of hydrogen-bond acceptors (Lipinski definition) is 4. The number of amides is 1. The van der Waals surface area contributed by atoms with Crippen molar-refractivity contribution in [2.45, 2.75) is 38.8 Å². The second kappa shape index (κ2) is 9.79. The van der Waals surface area contributed by atoms with Crippen LogP contribution >= 0.6 is 11.3 Å². The zero-order valence-corrected chi connectivity index (χ0v) is 19.5. The third-order valence-electron chi connectivity index (χ3n) is 6.74. The van der Waals surface area contributed by atoms with Crippen molar-refractivity contribution in [3.63, 3.8) is 0 Å². The number of likely N-dealkylation sites (tertiary alicyclic amines) is 1. The van der Waals surface area contributed by atoms with Crippen LogP contribution in [0, 0.1) is 12.8 Å². The molecular formula is C25H32N4OS. The molecule has 5 nitrogen and oxygen atoms in total. The molecule has 3 heterocycles. The quantitative estimate of drug-likeness (QED) is 0.552. The van der Waals surface area contributed by atoms with Crippen LogP contribution in [0.2, 0.25) is 0 Å². The highest BCUT2D eigenvalue weighted by Gasteiger charge is 2.32. The van der Waals surface area contributed by atoms with E-state index in [9.17, 15) is 4.79 Å². The summed E-state index contributed by atoms with van der Waals surface area (Å²) in [4.78, 5) is 18.5. The average Bonchev–Trinajstić information content (AvgIpc) is 3.44. The highest BCUT2D eigenvalue weighted by Crippen LogP contribution is 2.28. The van der Waals surface area contributed by atoms with Gasteiger partial charge in [0, 0.05) is 37.9 Å². The van der Waals surface area contributed by atoms with Gasteiger partial charge in [-0.2, -0.15) is 5.10 Å². The van der Waals surface area contributed by atoms with E-state index in [1.54, 1.807) is 0 Å². The van der Waals surface area contributed by atoms with Gasteiger partial charge in [-0.3, -0.25) is 14.4 Å². The predicted molar refractivity (Wildman–Crippen MR) is 126 cm³/mol. The topological polar surface area (TPSA) is 41.4 Å². The Hall–Kier alpha value is -2.44. The van der Waals surface area contributed by atoms with E-state index in [-0.39, 0.29) is 11.9 Å². The molecule has 0 aliphatic carbocycles. The number of aromatic nitrogens is 2. The van der Waals surface area contributed by atoms with Crippen molar-refractivity contribution >= 4 is 17.2 Å². The number of carbonyl (C=O) groups excluding carboxylic acids is 1. The standard InChI is InChI=1S/C25H32N4OS/c1-19-22(17-26-28(19)3)18-29-13-11-21(12-14-29)23(16-20-8-5-4-6-9-20)27(2)25(30)24-10-7-15-31-24/h4-10,15,17,21,23H,11-14,16,18H2,1-3H3. The molecule has 1 aromatic carbocycles. The van der Waals surface area contributed by atoms with Gasteiger partial charge in [0.25, 0.3) is 5.91 Å². The third kappa shape index (κ3) is 5.08. The van der Waals surface area contributed by atoms with E-state index in [0.717, 1.165) is 43.8 Å². The molecular weight excluding hydrogens is 404 g/mol. The van der Waals surface area contributed by atoms with Crippen LogP contribution in [0.3, 0.4) is 0 Å². The minimum atomic E-state index is 0.143. The Morgan fingerprint density at radius 3 is 2.55 bits per heavy atom. The van der Waals surface area contributed by atoms with Gasteiger partial charge in [-0.1, -0.05) is 36.4 Å². The molecule has 0 bridgehead atoms. The second-order valence-electron chi connectivity index (χ2n) is 8.64. The molecule has 1 aliphatic rings. The Labute approximate surface area is 189 Å². The first-order valence-electron chi connectivity index (χ1n) is 11.1. The molecule has 2 aromatic heterocycles. The van der Waals surface area contributed by atoms with E-state index < -0.39 is 0 Å². The summed E-state index contributed by atoms with van der Waals surface area (Å²) in [6, 6.07) is 14.7. The maximum absolute atomic E-state index is 13.1. The predicted octanol–water partition coefficient (Wildman–Crippen LogP) is 4.39. The Balaban J connectivity index is 1.45. The number of rotatable bonds is 7. The summed E-state index contributed by atoms with van der Waals surface area (Å²) >= 11 is 1.53. The van der Waals surface area contributed by atoms with Crippen molar-refractivity contribution in [2.24, 2.45) is 13.0 Å². The number of thiophene rings is 1. The zero-order valence-electron chi connectivity index (χ0n) is 18.7. The number of hydrogen-bond donors (Lipinski definition) is 0. The lowest BCUT2D eigenvalue weighted by Gasteiger charge is -2.40. The molecule has 3 aromatic rings. The zero-order chi connectivity index (χ0) is 21.8. The monoisotopic (exact) mass is 436 g/mol. The number of likely N-dealkylation sites (N-methyl/N-ethyl adjacent to an activating group) is 1. The van der Waals surface area contributed by atoms with E-state index in [4.69, 9.17) is 0 Å². The first kappa shape index (κ1) is 21.8. The van der Waals surface area contributed by atoms with Gasteiger partial charge in [-0.15, -0.1) is 11.3 Å². The summed E-state index contributed by atoms with van der Waals surface area (Å²) in [6.07, 6.45) is 5.12. The van der Waals surface area contributed by atoms with Crippen LogP contribution < -0.4 is 0 Å². The molecule has 1 saturated heterocycles. The van der Waals surface area contributed by atoms with Gasteiger partial charge in [0.2, 0.25) is 0 Å². The smallest absolute Gasteiger partial charge is 0.263 e. The van der Waals surface area contributed by atoms with E-state index in [1.807, 2.05) is 47.4 Å². The van der Waals surface area contributed by atoms with Gasteiger partial charge in [0.05, 0.1) is 11.1 Å². The van der Waals surface area contributed by atoms with E-state index in [2.05, 4.69) is 47.3 Å². The summed E-state index contributed by atoms with van der Waals surface area (Å²) in [5.74, 6) is 0.643. The normalized spacial score (nSPS) is 16.4. The van der Waals surface area contributed by atoms with Gasteiger partial charge in [0.1, 0.15) is 0 Å². The van der Waals surface area contributed by atoms with Crippen molar-refractivity contribution in [1.82, 2.24) is 19.6 Å². The molecule has 4 rings (SSSR count). The summed E-state index contributed by atoms with van der Waals surface area (Å²) in [7, 11) is 3.99. The van der Waals surface area contributed by atoms with Crippen LogP contribution in [0.25, 0.3) is 0 Å². The van der Waals surface area contributed by atoms with Crippen LogP contribution in [0.15, 0.2) is 54.0 Å². The summed E-state index contributed by atoms with van der Waals surface area (Å²) in [5.41, 5.74) is 3.85. The number of nitrogens with zero attached hydrogens (tertiary/aromatic N) is 4. The van der Waals surface area contributed by atoms with Crippen molar-refractivity contribution in [1.29, 1.82) is 0 Å². The van der Waals surface area contributed by atoms with Crippen LogP contribution in [-0.4, -0.2) is 51.7 Å². The maximum atomic E-state index is 13.1. The molecule has 1 unspecified atom stereocenters. The number of piperidine rings is 1. The number of aryl methyl sites for hydroxylation is 1. The molecule has 164 valence electrons. The van der Waals surface area contributed by atoms with Crippen molar-refractivity contribution in [2.75, 3.05) is 20.1 Å². The number of carbonyl (C=O) groups is 1. The van der Waals surface area contributed by atoms with E-state index in [1.165, 1.54) is 28.2 Å². The second-order valence-corrected chi connectivity index (χ2v) is 9.59. The highest BCUT2D eigenvalue weighted by atomic mass is 32.1. The minimum absolute atomic E-state index is 0.143. The van der Waals surface area contributed by atoms with Gasteiger partial charge in [-0.05, 0) is 62.2 Å². The Kier molecular flexibility index (Phi) is 6.88. The van der Waals surface area contributed by atoms with Gasteiger partial charge >= 0.3 is 0 Å². The van der Waals surface area contributed by atoms with Crippen molar-refractivity contribution in [3.8, 4) is 0 Å². The van der Waals surface area contributed by atoms with Gasteiger partial charge < -0.3 is 4.90 Å². The summed E-state index contributed by atoms with van der Waals surface area (Å²) < 4.78 is 1.95. The molecule has 1 amide bonds. The first-order chi connectivity index (χ1) is 15.0. The molecule has 31 heavy (non-hydrogen) atoms. The molecule has 0 saturated carbocycles. The molecule has 1 aliphatic heterocycles. The van der Waals surface area contributed by atoms with Crippen molar-refractivity contribution < 1.29 is 4.79 Å². The molecule has 0 spiro atoms. The SMILES string of the molecule is Cc1c(CN2CCC(C(Cc3ccccc3)N(C)C(=O)c3cccs3)CC2)cnn1C. The number of benzene rings is 1.